The van der Waals surface area contributed by atoms with Crippen molar-refractivity contribution < 1.29 is 22.7 Å². The highest BCUT2D eigenvalue weighted by atomic mass is 19.4. The summed E-state index contributed by atoms with van der Waals surface area (Å²) in [5, 5.41) is 3.45. The number of rotatable bonds is 9. The second-order valence-electron chi connectivity index (χ2n) is 10.5. The highest BCUT2D eigenvalue weighted by Crippen LogP contribution is 2.30. The molecule has 1 unspecified atom stereocenters. The fourth-order valence-electron chi connectivity index (χ4n) is 5.41. The van der Waals surface area contributed by atoms with Gasteiger partial charge in [0.05, 0.1) is 12.5 Å². The minimum absolute atomic E-state index is 0.177. The third-order valence-corrected chi connectivity index (χ3v) is 7.60. The van der Waals surface area contributed by atoms with Crippen LogP contribution >= 0.6 is 0 Å². The molecule has 1 amide bonds. The molecule has 8 nitrogen and oxygen atoms in total. The van der Waals surface area contributed by atoms with Crippen molar-refractivity contribution in [3.05, 3.63) is 83.8 Å². The summed E-state index contributed by atoms with van der Waals surface area (Å²) in [5.74, 6) is -0.828. The molecule has 11 heteroatoms. The molecular formula is C30H33F3N6O2. The molecular weight excluding hydrogens is 533 g/mol. The molecule has 3 heterocycles. The number of amides is 1. The molecule has 41 heavy (non-hydrogen) atoms. The van der Waals surface area contributed by atoms with Gasteiger partial charge in [-0.2, -0.15) is 0 Å². The van der Waals surface area contributed by atoms with E-state index >= 15 is 0 Å². The number of piperazine rings is 1. The van der Waals surface area contributed by atoms with Crippen LogP contribution in [0.2, 0.25) is 0 Å². The number of nitrogens with one attached hydrogen (secondary N) is 1. The Morgan fingerprint density at radius 1 is 1.15 bits per heavy atom. The van der Waals surface area contributed by atoms with Gasteiger partial charge in [0.2, 0.25) is 5.91 Å². The number of benzene rings is 2. The summed E-state index contributed by atoms with van der Waals surface area (Å²) in [7, 11) is 0. The van der Waals surface area contributed by atoms with Gasteiger partial charge in [0, 0.05) is 44.0 Å². The second kappa shape index (κ2) is 11.8. The zero-order valence-electron chi connectivity index (χ0n) is 22.9. The number of pyridine rings is 1. The second-order valence-corrected chi connectivity index (χ2v) is 10.5. The standard InChI is InChI=1S/C30H33F3N6O2/c1-19-17-38(15-14-35-19)23-9-7-22(8-10-23)20(2)25(28(34)40)16-27-37-26-4-3-13-36-29(26)39(27)18-21-5-11-24(12-6-21)41-30(31,32)33/h3-13,19-20,25,35H,14-18H2,1-2H3,(H2,34,40)/t19-,20-,25?/m1/s1. The molecule has 0 saturated carbocycles. The van der Waals surface area contributed by atoms with Crippen LogP contribution < -0.4 is 20.7 Å². The highest BCUT2D eigenvalue weighted by molar-refractivity contribution is 5.78. The fraction of sp³-hybridized carbons (Fsp3) is 0.367. The van der Waals surface area contributed by atoms with Crippen molar-refractivity contribution in [2.24, 2.45) is 11.7 Å². The van der Waals surface area contributed by atoms with Crippen molar-refractivity contribution in [1.29, 1.82) is 0 Å². The molecule has 0 radical (unpaired) electrons. The first-order chi connectivity index (χ1) is 19.6. The highest BCUT2D eigenvalue weighted by Gasteiger charge is 2.31. The van der Waals surface area contributed by atoms with E-state index in [0.717, 1.165) is 36.4 Å². The van der Waals surface area contributed by atoms with Gasteiger partial charge in [-0.1, -0.05) is 31.2 Å². The fourth-order valence-corrected chi connectivity index (χ4v) is 5.41. The van der Waals surface area contributed by atoms with Crippen LogP contribution in [0.1, 0.15) is 36.7 Å². The zero-order chi connectivity index (χ0) is 29.1. The van der Waals surface area contributed by atoms with Crippen LogP contribution in [0.15, 0.2) is 66.9 Å². The normalized spacial score (nSPS) is 17.4. The van der Waals surface area contributed by atoms with Gasteiger partial charge in [-0.05, 0) is 60.4 Å². The number of imidazole rings is 1. The number of alkyl halides is 3. The van der Waals surface area contributed by atoms with E-state index in [1.54, 1.807) is 24.4 Å². The minimum Gasteiger partial charge on any atom is -0.406 e. The van der Waals surface area contributed by atoms with Gasteiger partial charge in [0.25, 0.3) is 0 Å². The smallest absolute Gasteiger partial charge is 0.406 e. The monoisotopic (exact) mass is 566 g/mol. The van der Waals surface area contributed by atoms with E-state index in [1.165, 1.54) is 12.1 Å². The SMILES string of the molecule is C[C@@H]1CN(c2ccc([C@@H](C)C(Cc3nc4cccnc4n3Cc3ccc(OC(F)(F)F)cc3)C(N)=O)cc2)CCN1. The van der Waals surface area contributed by atoms with E-state index in [4.69, 9.17) is 10.7 Å². The summed E-state index contributed by atoms with van der Waals surface area (Å²) >= 11 is 0. The van der Waals surface area contributed by atoms with Gasteiger partial charge in [-0.3, -0.25) is 4.79 Å². The topological polar surface area (TPSA) is 98.3 Å². The van der Waals surface area contributed by atoms with E-state index in [-0.39, 0.29) is 18.1 Å². The number of carbonyl (C=O) groups is 1. The zero-order valence-corrected chi connectivity index (χ0v) is 22.9. The Balaban J connectivity index is 1.38. The molecule has 216 valence electrons. The summed E-state index contributed by atoms with van der Waals surface area (Å²) in [4.78, 5) is 24.3. The lowest BCUT2D eigenvalue weighted by molar-refractivity contribution is -0.274. The maximum absolute atomic E-state index is 12.8. The average molecular weight is 567 g/mol. The maximum atomic E-state index is 12.8. The Bertz CT molecular complexity index is 1490. The quantitative estimate of drug-likeness (QED) is 0.307. The number of carbonyl (C=O) groups excluding carboxylic acids is 1. The third-order valence-electron chi connectivity index (χ3n) is 7.60. The molecule has 1 saturated heterocycles. The number of hydrogen-bond donors (Lipinski definition) is 2. The van der Waals surface area contributed by atoms with Crippen molar-refractivity contribution >= 4 is 22.8 Å². The van der Waals surface area contributed by atoms with Gasteiger partial charge in [0.15, 0.2) is 5.65 Å². The van der Waals surface area contributed by atoms with Crippen LogP contribution in [0.4, 0.5) is 18.9 Å². The third kappa shape index (κ3) is 6.79. The lowest BCUT2D eigenvalue weighted by Gasteiger charge is -2.34. The summed E-state index contributed by atoms with van der Waals surface area (Å²) in [6, 6.07) is 18.0. The van der Waals surface area contributed by atoms with Crippen LogP contribution in [0, 0.1) is 5.92 Å². The van der Waals surface area contributed by atoms with Crippen LogP contribution in [-0.4, -0.2) is 52.5 Å². The first-order valence-corrected chi connectivity index (χ1v) is 13.6. The molecule has 3 N–H and O–H groups in total. The number of fused-ring (bicyclic) bond motifs is 1. The Labute approximate surface area is 236 Å². The number of primary amides is 1. The van der Waals surface area contributed by atoms with Gasteiger partial charge in [-0.15, -0.1) is 13.2 Å². The maximum Gasteiger partial charge on any atom is 0.573 e. The van der Waals surface area contributed by atoms with E-state index < -0.39 is 18.2 Å². The minimum atomic E-state index is -4.76. The van der Waals surface area contributed by atoms with Crippen molar-refractivity contribution in [3.8, 4) is 5.75 Å². The number of nitrogens with zero attached hydrogens (tertiary/aromatic N) is 4. The van der Waals surface area contributed by atoms with Crippen LogP contribution in [0.3, 0.4) is 0 Å². The number of hydrogen-bond acceptors (Lipinski definition) is 6. The summed E-state index contributed by atoms with van der Waals surface area (Å²) in [6.07, 6.45) is -2.83. The van der Waals surface area contributed by atoms with E-state index in [2.05, 4.69) is 51.1 Å². The molecule has 0 spiro atoms. The number of ether oxygens (including phenoxy) is 1. The number of nitrogens with two attached hydrogens (primary N) is 1. The number of aromatic nitrogens is 3. The molecule has 1 fully saturated rings. The molecule has 1 aliphatic heterocycles. The van der Waals surface area contributed by atoms with Gasteiger partial charge < -0.3 is 25.3 Å². The molecule has 1 aliphatic rings. The summed E-state index contributed by atoms with van der Waals surface area (Å²) < 4.78 is 43.6. The first-order valence-electron chi connectivity index (χ1n) is 13.6. The predicted molar refractivity (Wildman–Crippen MR) is 151 cm³/mol. The van der Waals surface area contributed by atoms with Crippen LogP contribution in [0.5, 0.6) is 5.75 Å². The Morgan fingerprint density at radius 2 is 1.88 bits per heavy atom. The van der Waals surface area contributed by atoms with Gasteiger partial charge >= 0.3 is 6.36 Å². The largest absolute Gasteiger partial charge is 0.573 e. The van der Waals surface area contributed by atoms with Crippen LogP contribution in [-0.2, 0) is 17.8 Å². The van der Waals surface area contributed by atoms with Gasteiger partial charge in [-0.25, -0.2) is 9.97 Å². The van der Waals surface area contributed by atoms with E-state index in [9.17, 15) is 18.0 Å². The lowest BCUT2D eigenvalue weighted by atomic mass is 9.84. The Hall–Kier alpha value is -4.12. The molecule has 2 aromatic carbocycles. The van der Waals surface area contributed by atoms with E-state index in [0.29, 0.717) is 29.6 Å². The summed E-state index contributed by atoms with van der Waals surface area (Å²) in [6.45, 7) is 7.26. The molecule has 3 atom stereocenters. The lowest BCUT2D eigenvalue weighted by Crippen LogP contribution is -2.49. The molecule has 0 bridgehead atoms. The Morgan fingerprint density at radius 3 is 2.54 bits per heavy atom. The molecule has 0 aliphatic carbocycles. The van der Waals surface area contributed by atoms with Crippen molar-refractivity contribution in [2.75, 3.05) is 24.5 Å². The molecule has 5 rings (SSSR count). The first kappa shape index (κ1) is 28.4. The van der Waals surface area contributed by atoms with Crippen molar-refractivity contribution in [3.63, 3.8) is 0 Å². The number of anilines is 1. The Kier molecular flexibility index (Phi) is 8.16. The summed E-state index contributed by atoms with van der Waals surface area (Å²) in [5.41, 5.74) is 10.1. The van der Waals surface area contributed by atoms with Crippen LogP contribution in [0.25, 0.3) is 11.2 Å². The average Bonchev–Trinajstić information content (AvgIpc) is 3.28. The van der Waals surface area contributed by atoms with Crippen molar-refractivity contribution in [1.82, 2.24) is 19.9 Å². The van der Waals surface area contributed by atoms with Crippen molar-refractivity contribution in [2.45, 2.75) is 45.1 Å². The predicted octanol–water partition coefficient (Wildman–Crippen LogP) is 4.62. The van der Waals surface area contributed by atoms with E-state index in [1.807, 2.05) is 17.6 Å². The molecule has 2 aromatic heterocycles. The van der Waals surface area contributed by atoms with Gasteiger partial charge in [0.1, 0.15) is 17.1 Å². The number of halogens is 3. The molecule has 4 aromatic rings.